The van der Waals surface area contributed by atoms with Crippen LogP contribution in [0.5, 0.6) is 5.88 Å². The van der Waals surface area contributed by atoms with Crippen molar-refractivity contribution in [1.82, 2.24) is 15.3 Å². The molecule has 1 aliphatic heterocycles. The number of hydrogen-bond acceptors (Lipinski definition) is 5. The van der Waals surface area contributed by atoms with Gasteiger partial charge in [-0.2, -0.15) is 0 Å². The van der Waals surface area contributed by atoms with E-state index in [0.29, 0.717) is 11.9 Å². The Kier molecular flexibility index (Phi) is 3.69. The van der Waals surface area contributed by atoms with Gasteiger partial charge in [0.25, 0.3) is 5.88 Å². The van der Waals surface area contributed by atoms with Crippen LogP contribution in [0, 0.1) is 0 Å². The van der Waals surface area contributed by atoms with Gasteiger partial charge >= 0.3 is 0 Å². The quantitative estimate of drug-likeness (QED) is 0.923. The van der Waals surface area contributed by atoms with Crippen molar-refractivity contribution in [1.29, 1.82) is 0 Å². The molecule has 3 rings (SSSR count). The van der Waals surface area contributed by atoms with Gasteiger partial charge in [0, 0.05) is 19.6 Å². The Labute approximate surface area is 119 Å². The van der Waals surface area contributed by atoms with Crippen LogP contribution in [0.2, 0.25) is 0 Å². The topological polar surface area (TPSA) is 50.3 Å². The molecule has 1 aliphatic rings. The fourth-order valence-corrected chi connectivity index (χ4v) is 2.68. The molecule has 0 unspecified atom stereocenters. The van der Waals surface area contributed by atoms with Gasteiger partial charge in [-0.1, -0.05) is 12.1 Å². The van der Waals surface area contributed by atoms with Crippen molar-refractivity contribution in [3.8, 4) is 5.88 Å². The highest BCUT2D eigenvalue weighted by Gasteiger charge is 2.22. The average molecular weight is 272 g/mol. The van der Waals surface area contributed by atoms with Crippen LogP contribution in [0.3, 0.4) is 0 Å². The van der Waals surface area contributed by atoms with Gasteiger partial charge in [-0.05, 0) is 31.5 Å². The minimum absolute atomic E-state index is 0.438. The number of aromatic nitrogens is 2. The summed E-state index contributed by atoms with van der Waals surface area (Å²) < 4.78 is 5.43. The first-order chi connectivity index (χ1) is 9.79. The predicted molar refractivity (Wildman–Crippen MR) is 80.4 cm³/mol. The zero-order valence-corrected chi connectivity index (χ0v) is 12.0. The van der Waals surface area contributed by atoms with Crippen molar-refractivity contribution in [2.24, 2.45) is 0 Å². The SMILES string of the molecule is COc1nc2ccccc2nc1N(C)[C@H]1CCCNC1. The minimum atomic E-state index is 0.438. The van der Waals surface area contributed by atoms with Gasteiger partial charge in [0.2, 0.25) is 0 Å². The lowest BCUT2D eigenvalue weighted by Gasteiger charge is -2.32. The first-order valence-electron chi connectivity index (χ1n) is 7.04. The Morgan fingerprint density at radius 1 is 1.25 bits per heavy atom. The molecule has 0 bridgehead atoms. The number of para-hydroxylation sites is 2. The molecule has 1 aromatic heterocycles. The van der Waals surface area contributed by atoms with Gasteiger partial charge in [-0.3, -0.25) is 0 Å². The Hall–Kier alpha value is -1.88. The van der Waals surface area contributed by atoms with Crippen molar-refractivity contribution in [3.63, 3.8) is 0 Å². The molecule has 5 nitrogen and oxygen atoms in total. The second-order valence-corrected chi connectivity index (χ2v) is 5.16. The summed E-state index contributed by atoms with van der Waals surface area (Å²) in [7, 11) is 3.72. The molecule has 1 N–H and O–H groups in total. The third-order valence-corrected chi connectivity index (χ3v) is 3.87. The largest absolute Gasteiger partial charge is 0.478 e. The Bertz CT molecular complexity index is 595. The number of anilines is 1. The summed E-state index contributed by atoms with van der Waals surface area (Å²) in [5.41, 5.74) is 1.77. The molecule has 1 aromatic carbocycles. The van der Waals surface area contributed by atoms with Crippen LogP contribution in [0.25, 0.3) is 11.0 Å². The van der Waals surface area contributed by atoms with E-state index in [0.717, 1.165) is 29.9 Å². The predicted octanol–water partition coefficient (Wildman–Crippen LogP) is 1.83. The number of nitrogens with one attached hydrogen (secondary N) is 1. The summed E-state index contributed by atoms with van der Waals surface area (Å²) in [5, 5.41) is 3.43. The molecule has 0 radical (unpaired) electrons. The van der Waals surface area contributed by atoms with Gasteiger partial charge in [0.05, 0.1) is 18.1 Å². The summed E-state index contributed by atoms with van der Waals surface area (Å²) in [6, 6.07) is 8.32. The highest BCUT2D eigenvalue weighted by molar-refractivity contribution is 5.77. The number of benzene rings is 1. The van der Waals surface area contributed by atoms with Crippen LogP contribution in [-0.2, 0) is 0 Å². The van der Waals surface area contributed by atoms with Gasteiger partial charge < -0.3 is 15.0 Å². The standard InChI is InChI=1S/C15H20N4O/c1-19(11-6-5-9-16-10-11)14-15(20-2)18-13-8-4-3-7-12(13)17-14/h3-4,7-8,11,16H,5-6,9-10H2,1-2H3/t11-/m0/s1. The fraction of sp³-hybridized carbons (Fsp3) is 0.467. The molecule has 0 spiro atoms. The summed E-state index contributed by atoms with van der Waals surface area (Å²) in [6.45, 7) is 2.08. The molecule has 1 fully saturated rings. The van der Waals surface area contributed by atoms with E-state index in [1.807, 2.05) is 24.3 Å². The molecule has 106 valence electrons. The second-order valence-electron chi connectivity index (χ2n) is 5.16. The van der Waals surface area contributed by atoms with Gasteiger partial charge in [-0.15, -0.1) is 0 Å². The van der Waals surface area contributed by atoms with E-state index in [-0.39, 0.29) is 0 Å². The number of ether oxygens (including phenoxy) is 1. The minimum Gasteiger partial charge on any atom is -0.478 e. The Morgan fingerprint density at radius 3 is 2.65 bits per heavy atom. The van der Waals surface area contributed by atoms with Crippen LogP contribution in [0.4, 0.5) is 5.82 Å². The average Bonchev–Trinajstić information content (AvgIpc) is 2.53. The normalized spacial score (nSPS) is 19.0. The first kappa shape index (κ1) is 13.1. The number of methoxy groups -OCH3 is 1. The highest BCUT2D eigenvalue weighted by Crippen LogP contribution is 2.28. The Morgan fingerprint density at radius 2 is 2.00 bits per heavy atom. The van der Waals surface area contributed by atoms with Gasteiger partial charge in [0.15, 0.2) is 5.82 Å². The number of likely N-dealkylation sites (N-methyl/N-ethyl adjacent to an activating group) is 1. The third kappa shape index (κ3) is 2.41. The third-order valence-electron chi connectivity index (χ3n) is 3.87. The van der Waals surface area contributed by atoms with Crippen molar-refractivity contribution in [3.05, 3.63) is 24.3 Å². The maximum atomic E-state index is 5.43. The maximum Gasteiger partial charge on any atom is 0.257 e. The molecule has 0 amide bonds. The van der Waals surface area contributed by atoms with E-state index in [1.165, 1.54) is 12.8 Å². The molecule has 5 heteroatoms. The summed E-state index contributed by atoms with van der Waals surface area (Å²) in [5.74, 6) is 1.41. The van der Waals surface area contributed by atoms with Gasteiger partial charge in [0.1, 0.15) is 0 Å². The number of piperidine rings is 1. The molecular weight excluding hydrogens is 252 g/mol. The number of nitrogens with zero attached hydrogens (tertiary/aromatic N) is 3. The zero-order valence-electron chi connectivity index (χ0n) is 12.0. The molecule has 0 saturated carbocycles. The van der Waals surface area contributed by atoms with Crippen LogP contribution in [0.1, 0.15) is 12.8 Å². The molecule has 20 heavy (non-hydrogen) atoms. The van der Waals surface area contributed by atoms with Crippen LogP contribution >= 0.6 is 0 Å². The lowest BCUT2D eigenvalue weighted by atomic mass is 10.1. The molecule has 2 aromatic rings. The lowest BCUT2D eigenvalue weighted by molar-refractivity contribution is 0.390. The molecule has 0 aliphatic carbocycles. The molecular formula is C15H20N4O. The van der Waals surface area contributed by atoms with Crippen molar-refractivity contribution >= 4 is 16.9 Å². The van der Waals surface area contributed by atoms with E-state index < -0.39 is 0 Å². The number of rotatable bonds is 3. The molecule has 1 atom stereocenters. The van der Waals surface area contributed by atoms with E-state index in [9.17, 15) is 0 Å². The van der Waals surface area contributed by atoms with Gasteiger partial charge in [-0.25, -0.2) is 9.97 Å². The maximum absolute atomic E-state index is 5.43. The Balaban J connectivity index is 1.99. The first-order valence-corrected chi connectivity index (χ1v) is 7.04. The number of fused-ring (bicyclic) bond motifs is 1. The summed E-state index contributed by atoms with van der Waals surface area (Å²) in [6.07, 6.45) is 2.36. The smallest absolute Gasteiger partial charge is 0.257 e. The monoisotopic (exact) mass is 272 g/mol. The van der Waals surface area contributed by atoms with Crippen LogP contribution in [0.15, 0.2) is 24.3 Å². The number of hydrogen-bond donors (Lipinski definition) is 1. The fourth-order valence-electron chi connectivity index (χ4n) is 2.68. The van der Waals surface area contributed by atoms with E-state index in [2.05, 4.69) is 22.2 Å². The van der Waals surface area contributed by atoms with Crippen molar-refractivity contribution in [2.45, 2.75) is 18.9 Å². The second kappa shape index (κ2) is 5.63. The van der Waals surface area contributed by atoms with Crippen molar-refractivity contribution in [2.75, 3.05) is 32.1 Å². The van der Waals surface area contributed by atoms with E-state index >= 15 is 0 Å². The molecule has 1 saturated heterocycles. The van der Waals surface area contributed by atoms with E-state index in [1.54, 1.807) is 7.11 Å². The highest BCUT2D eigenvalue weighted by atomic mass is 16.5. The van der Waals surface area contributed by atoms with Crippen molar-refractivity contribution < 1.29 is 4.74 Å². The summed E-state index contributed by atoms with van der Waals surface area (Å²) >= 11 is 0. The van der Waals surface area contributed by atoms with Crippen LogP contribution < -0.4 is 15.0 Å². The molecule has 2 heterocycles. The van der Waals surface area contributed by atoms with E-state index in [4.69, 9.17) is 9.72 Å². The summed E-state index contributed by atoms with van der Waals surface area (Å²) in [4.78, 5) is 11.5. The lowest BCUT2D eigenvalue weighted by Crippen LogP contribution is -2.44. The van der Waals surface area contributed by atoms with Crippen LogP contribution in [-0.4, -0.2) is 43.3 Å². The zero-order chi connectivity index (χ0) is 13.9.